The number of anilines is 2. The average Bonchev–Trinajstić information content (AvgIpc) is 3.25. The lowest BCUT2D eigenvalue weighted by Crippen LogP contribution is -2.30. The van der Waals surface area contributed by atoms with E-state index in [2.05, 4.69) is 59.5 Å². The molecule has 142 valence electrons. The number of nitrogens with zero attached hydrogens (tertiary/aromatic N) is 1. The Morgan fingerprint density at radius 2 is 1.54 bits per heavy atom. The second-order valence-electron chi connectivity index (χ2n) is 6.77. The van der Waals surface area contributed by atoms with Gasteiger partial charge in [-0.1, -0.05) is 60.3 Å². The third-order valence-corrected chi connectivity index (χ3v) is 6.46. The van der Waals surface area contributed by atoms with E-state index in [1.165, 1.54) is 15.5 Å². The van der Waals surface area contributed by atoms with Gasteiger partial charge in [-0.15, -0.1) is 11.6 Å². The molecule has 28 heavy (non-hydrogen) atoms. The van der Waals surface area contributed by atoms with Gasteiger partial charge in [-0.05, 0) is 24.3 Å². The highest BCUT2D eigenvalue weighted by Crippen LogP contribution is 2.50. The van der Waals surface area contributed by atoms with E-state index in [0.29, 0.717) is 19.1 Å². The summed E-state index contributed by atoms with van der Waals surface area (Å²) in [6.45, 7) is 1.90. The topological polar surface area (TPSA) is 21.7 Å². The highest BCUT2D eigenvalue weighted by Gasteiger charge is 2.41. The minimum absolute atomic E-state index is 0.555. The molecule has 5 heteroatoms. The predicted molar refractivity (Wildman–Crippen MR) is 114 cm³/mol. The van der Waals surface area contributed by atoms with Gasteiger partial charge in [0.15, 0.2) is 0 Å². The molecule has 2 aliphatic rings. The molecule has 0 aliphatic carbocycles. The van der Waals surface area contributed by atoms with Crippen LogP contribution in [0.15, 0.2) is 82.6 Å². The molecule has 1 fully saturated rings. The molecule has 2 aliphatic heterocycles. The quantitative estimate of drug-likeness (QED) is 0.509. The number of rotatable bonds is 4. The summed E-state index contributed by atoms with van der Waals surface area (Å²) >= 11 is 7.95. The van der Waals surface area contributed by atoms with Crippen molar-refractivity contribution in [3.63, 3.8) is 0 Å². The van der Waals surface area contributed by atoms with Crippen molar-refractivity contribution in [1.82, 2.24) is 0 Å². The van der Waals surface area contributed by atoms with Gasteiger partial charge in [-0.25, -0.2) is 0 Å². The summed E-state index contributed by atoms with van der Waals surface area (Å²) in [4.78, 5) is 4.76. The van der Waals surface area contributed by atoms with Crippen LogP contribution in [0.5, 0.6) is 0 Å². The number of alkyl halides is 1. The first-order valence-corrected chi connectivity index (χ1v) is 10.8. The van der Waals surface area contributed by atoms with Crippen molar-refractivity contribution in [3.8, 4) is 0 Å². The summed E-state index contributed by atoms with van der Waals surface area (Å²) in [5.74, 6) is -0.302. The second-order valence-corrected chi connectivity index (χ2v) is 8.23. The molecule has 3 nitrogen and oxygen atoms in total. The molecule has 0 radical (unpaired) electrons. The molecular weight excluding hydrogens is 390 g/mol. The van der Waals surface area contributed by atoms with Crippen LogP contribution >= 0.6 is 23.4 Å². The van der Waals surface area contributed by atoms with E-state index in [9.17, 15) is 0 Å². The zero-order valence-electron chi connectivity index (χ0n) is 15.3. The Morgan fingerprint density at radius 3 is 2.32 bits per heavy atom. The first kappa shape index (κ1) is 18.1. The molecule has 5 rings (SSSR count). The van der Waals surface area contributed by atoms with Crippen LogP contribution in [0.2, 0.25) is 0 Å². The van der Waals surface area contributed by atoms with Gasteiger partial charge in [0.2, 0.25) is 5.79 Å². The summed E-state index contributed by atoms with van der Waals surface area (Å²) in [5, 5.41) is 0. The summed E-state index contributed by atoms with van der Waals surface area (Å²) in [6.07, 6.45) is 0. The highest BCUT2D eigenvalue weighted by molar-refractivity contribution is 7.99. The van der Waals surface area contributed by atoms with Gasteiger partial charge in [-0.2, -0.15) is 0 Å². The summed E-state index contributed by atoms with van der Waals surface area (Å²) in [5.41, 5.74) is 4.37. The molecule has 0 amide bonds. The molecule has 3 aromatic carbocycles. The van der Waals surface area contributed by atoms with Crippen molar-refractivity contribution in [2.45, 2.75) is 15.6 Å². The molecule has 1 saturated heterocycles. The van der Waals surface area contributed by atoms with Crippen LogP contribution in [0.3, 0.4) is 0 Å². The minimum Gasteiger partial charge on any atom is -0.340 e. The number of benzene rings is 3. The number of halogens is 1. The Hall–Kier alpha value is -1.98. The lowest BCUT2D eigenvalue weighted by molar-refractivity contribution is -0.129. The number of ether oxygens (including phenoxy) is 2. The van der Waals surface area contributed by atoms with E-state index in [1.807, 2.05) is 18.2 Å². The number of para-hydroxylation sites is 1. The third kappa shape index (κ3) is 2.92. The van der Waals surface area contributed by atoms with Crippen molar-refractivity contribution in [1.29, 1.82) is 0 Å². The Labute approximate surface area is 174 Å². The van der Waals surface area contributed by atoms with E-state index in [4.69, 9.17) is 21.1 Å². The molecule has 0 atom stereocenters. The molecule has 2 heterocycles. The van der Waals surface area contributed by atoms with Gasteiger partial charge in [0.1, 0.15) is 0 Å². The summed E-state index contributed by atoms with van der Waals surface area (Å²) in [7, 11) is 0. The zero-order chi connectivity index (χ0) is 19.0. The van der Waals surface area contributed by atoms with Crippen molar-refractivity contribution >= 4 is 34.7 Å². The van der Waals surface area contributed by atoms with Crippen LogP contribution in [0.4, 0.5) is 11.4 Å². The maximum absolute atomic E-state index is 6.19. The largest absolute Gasteiger partial charge is 0.340 e. The van der Waals surface area contributed by atoms with Gasteiger partial charge in [-0.3, -0.25) is 0 Å². The van der Waals surface area contributed by atoms with Crippen LogP contribution < -0.4 is 4.90 Å². The van der Waals surface area contributed by atoms with Crippen LogP contribution in [0.1, 0.15) is 11.1 Å². The molecule has 0 saturated carbocycles. The van der Waals surface area contributed by atoms with E-state index in [-0.39, 0.29) is 0 Å². The predicted octanol–water partition coefficient (Wildman–Crippen LogP) is 5.78. The van der Waals surface area contributed by atoms with E-state index in [1.54, 1.807) is 11.8 Å². The first-order valence-electron chi connectivity index (χ1n) is 9.40. The molecule has 0 aromatic heterocycles. The Morgan fingerprint density at radius 1 is 0.821 bits per heavy atom. The minimum atomic E-state index is -0.857. The fourth-order valence-electron chi connectivity index (χ4n) is 3.93. The van der Waals surface area contributed by atoms with Crippen LogP contribution in [-0.4, -0.2) is 25.6 Å². The monoisotopic (exact) mass is 409 g/mol. The van der Waals surface area contributed by atoms with Gasteiger partial charge < -0.3 is 14.4 Å². The van der Waals surface area contributed by atoms with Crippen molar-refractivity contribution in [3.05, 3.63) is 83.9 Å². The third-order valence-electron chi connectivity index (χ3n) is 5.16. The smallest absolute Gasteiger partial charge is 0.222 e. The average molecular weight is 410 g/mol. The van der Waals surface area contributed by atoms with Crippen LogP contribution in [0.25, 0.3) is 0 Å². The van der Waals surface area contributed by atoms with Crippen LogP contribution in [-0.2, 0) is 15.3 Å². The van der Waals surface area contributed by atoms with Gasteiger partial charge in [0.25, 0.3) is 0 Å². The van der Waals surface area contributed by atoms with Gasteiger partial charge in [0, 0.05) is 33.3 Å². The fourth-order valence-corrected chi connectivity index (χ4v) is 5.17. The Balaban J connectivity index is 1.64. The maximum Gasteiger partial charge on any atom is 0.222 e. The van der Waals surface area contributed by atoms with E-state index < -0.39 is 5.79 Å². The lowest BCUT2D eigenvalue weighted by atomic mass is 9.96. The molecule has 0 spiro atoms. The highest BCUT2D eigenvalue weighted by atomic mass is 35.5. The molecule has 0 bridgehead atoms. The standard InChI is InChI=1S/C23H20ClNO2S/c24-12-13-25-19-8-4-5-9-21(19)28-22-11-10-18(16-20(22)25)23(26-14-15-27-23)17-6-2-1-3-7-17/h1-11,16H,12-15H2. The van der Waals surface area contributed by atoms with E-state index in [0.717, 1.165) is 23.4 Å². The number of hydrogen-bond donors (Lipinski definition) is 0. The second kappa shape index (κ2) is 7.45. The first-order chi connectivity index (χ1) is 13.8. The summed E-state index contributed by atoms with van der Waals surface area (Å²) < 4.78 is 12.4. The molecular formula is C23H20ClNO2S. The van der Waals surface area contributed by atoms with Gasteiger partial charge in [0.05, 0.1) is 24.6 Å². The van der Waals surface area contributed by atoms with Crippen molar-refractivity contribution in [2.75, 3.05) is 30.5 Å². The van der Waals surface area contributed by atoms with Crippen LogP contribution in [0, 0.1) is 0 Å². The number of hydrogen-bond acceptors (Lipinski definition) is 4. The SMILES string of the molecule is ClCCN1c2ccccc2Sc2ccc(C3(c4ccccc4)OCCO3)cc21. The molecule has 3 aromatic rings. The van der Waals surface area contributed by atoms with Crippen molar-refractivity contribution < 1.29 is 9.47 Å². The molecule has 0 unspecified atom stereocenters. The van der Waals surface area contributed by atoms with Gasteiger partial charge >= 0.3 is 0 Å². The zero-order valence-corrected chi connectivity index (χ0v) is 16.9. The Bertz CT molecular complexity index is 989. The summed E-state index contributed by atoms with van der Waals surface area (Å²) in [6, 6.07) is 25.1. The fraction of sp³-hybridized carbons (Fsp3) is 0.217. The van der Waals surface area contributed by atoms with E-state index >= 15 is 0 Å². The Kier molecular flexibility index (Phi) is 4.81. The maximum atomic E-state index is 6.19. The number of fused-ring (bicyclic) bond motifs is 2. The van der Waals surface area contributed by atoms with Crippen molar-refractivity contribution in [2.24, 2.45) is 0 Å². The lowest BCUT2D eigenvalue weighted by Gasteiger charge is -2.35. The normalized spacial score (nSPS) is 17.2. The molecule has 0 N–H and O–H groups in total.